The molecule has 0 atom stereocenters. The molecule has 0 bridgehead atoms. The topological polar surface area (TPSA) is 56.9 Å². The van der Waals surface area contributed by atoms with Gasteiger partial charge in [0, 0.05) is 11.8 Å². The number of hydrogen-bond donors (Lipinski definition) is 1. The second-order valence-corrected chi connectivity index (χ2v) is 5.90. The number of thiazole rings is 1. The van der Waals surface area contributed by atoms with Crippen molar-refractivity contribution in [1.82, 2.24) is 4.98 Å². The highest BCUT2D eigenvalue weighted by atomic mass is 79.9. The Morgan fingerprint density at radius 2 is 2.14 bits per heavy atom. The van der Waals surface area contributed by atoms with Crippen molar-refractivity contribution in [1.29, 1.82) is 5.26 Å². The molecule has 1 aromatic heterocycles. The fourth-order valence-electron chi connectivity index (χ4n) is 1.66. The molecule has 0 aliphatic carbocycles. The van der Waals surface area contributed by atoms with Crippen LogP contribution in [0, 0.1) is 11.3 Å². The Kier molecular flexibility index (Phi) is 4.54. The van der Waals surface area contributed by atoms with Crippen LogP contribution >= 0.6 is 27.3 Å². The van der Waals surface area contributed by atoms with Gasteiger partial charge in [0.1, 0.15) is 22.4 Å². The van der Waals surface area contributed by atoms with E-state index in [0.29, 0.717) is 10.0 Å². The Labute approximate surface area is 130 Å². The van der Waals surface area contributed by atoms with E-state index in [1.807, 2.05) is 6.07 Å². The van der Waals surface area contributed by atoms with E-state index < -0.39 is 11.7 Å². The SMILES string of the molecule is N#CC(=C(O)CCBr)c1nc2cc(C(F)(F)F)ccc2s1. The van der Waals surface area contributed by atoms with E-state index in [9.17, 15) is 18.3 Å². The van der Waals surface area contributed by atoms with Gasteiger partial charge in [-0.3, -0.25) is 0 Å². The predicted molar refractivity (Wildman–Crippen MR) is 78.2 cm³/mol. The normalized spacial score (nSPS) is 13.1. The lowest BCUT2D eigenvalue weighted by Gasteiger charge is -2.04. The Morgan fingerprint density at radius 1 is 1.43 bits per heavy atom. The van der Waals surface area contributed by atoms with Crippen molar-refractivity contribution >= 4 is 43.1 Å². The molecule has 0 radical (unpaired) electrons. The van der Waals surface area contributed by atoms with Crippen molar-refractivity contribution in [2.24, 2.45) is 0 Å². The first kappa shape index (κ1) is 15.8. The van der Waals surface area contributed by atoms with E-state index in [2.05, 4.69) is 20.9 Å². The van der Waals surface area contributed by atoms with Crippen LogP contribution in [-0.4, -0.2) is 15.4 Å². The Bertz CT molecular complexity index is 746. The number of benzene rings is 1. The lowest BCUT2D eigenvalue weighted by Crippen LogP contribution is -2.03. The first-order chi connectivity index (χ1) is 9.86. The van der Waals surface area contributed by atoms with E-state index in [4.69, 9.17) is 5.26 Å². The van der Waals surface area contributed by atoms with Gasteiger partial charge in [-0.2, -0.15) is 18.4 Å². The highest BCUT2D eigenvalue weighted by Gasteiger charge is 2.30. The van der Waals surface area contributed by atoms with Crippen LogP contribution in [0.4, 0.5) is 13.2 Å². The van der Waals surface area contributed by atoms with Gasteiger partial charge in [0.2, 0.25) is 0 Å². The maximum Gasteiger partial charge on any atom is 0.416 e. The van der Waals surface area contributed by atoms with Gasteiger partial charge < -0.3 is 5.11 Å². The smallest absolute Gasteiger partial charge is 0.416 e. The zero-order chi connectivity index (χ0) is 15.6. The van der Waals surface area contributed by atoms with Crippen molar-refractivity contribution in [3.63, 3.8) is 0 Å². The molecular formula is C13H8BrF3N2OS. The largest absolute Gasteiger partial charge is 0.511 e. The van der Waals surface area contributed by atoms with Crippen molar-refractivity contribution in [2.45, 2.75) is 12.6 Å². The molecule has 1 heterocycles. The summed E-state index contributed by atoms with van der Waals surface area (Å²) in [7, 11) is 0. The van der Waals surface area contributed by atoms with Gasteiger partial charge in [0.15, 0.2) is 0 Å². The molecule has 2 rings (SSSR count). The molecule has 21 heavy (non-hydrogen) atoms. The minimum Gasteiger partial charge on any atom is -0.511 e. The number of aliphatic hydroxyl groups is 1. The summed E-state index contributed by atoms with van der Waals surface area (Å²) < 4.78 is 38.5. The van der Waals surface area contributed by atoms with Crippen molar-refractivity contribution in [3.05, 3.63) is 34.5 Å². The van der Waals surface area contributed by atoms with Crippen LogP contribution in [-0.2, 0) is 6.18 Å². The van der Waals surface area contributed by atoms with Crippen LogP contribution in [0.15, 0.2) is 24.0 Å². The molecule has 1 N–H and O–H groups in total. The minimum absolute atomic E-state index is 0.00999. The van der Waals surface area contributed by atoms with Gasteiger partial charge in [-0.1, -0.05) is 15.9 Å². The molecule has 0 amide bonds. The van der Waals surface area contributed by atoms with E-state index in [-0.39, 0.29) is 28.3 Å². The fraction of sp³-hybridized carbons (Fsp3) is 0.231. The lowest BCUT2D eigenvalue weighted by molar-refractivity contribution is -0.137. The number of allylic oxidation sites excluding steroid dienone is 2. The van der Waals surface area contributed by atoms with Crippen molar-refractivity contribution in [3.8, 4) is 6.07 Å². The Morgan fingerprint density at radius 3 is 2.71 bits per heavy atom. The molecule has 0 aliphatic heterocycles. The Balaban J connectivity index is 2.53. The molecule has 8 heteroatoms. The van der Waals surface area contributed by atoms with Crippen LogP contribution in [0.25, 0.3) is 15.8 Å². The average molecular weight is 377 g/mol. The van der Waals surface area contributed by atoms with E-state index in [0.717, 1.165) is 23.5 Å². The van der Waals surface area contributed by atoms with Gasteiger partial charge in [-0.25, -0.2) is 4.98 Å². The number of nitrogens with zero attached hydrogens (tertiary/aromatic N) is 2. The summed E-state index contributed by atoms with van der Waals surface area (Å²) >= 11 is 4.21. The van der Waals surface area contributed by atoms with E-state index in [1.54, 1.807) is 0 Å². The van der Waals surface area contributed by atoms with Crippen molar-refractivity contribution in [2.75, 3.05) is 5.33 Å². The van der Waals surface area contributed by atoms with Gasteiger partial charge >= 0.3 is 6.18 Å². The van der Waals surface area contributed by atoms with Crippen molar-refractivity contribution < 1.29 is 18.3 Å². The third kappa shape index (κ3) is 3.36. The monoisotopic (exact) mass is 376 g/mol. The highest BCUT2D eigenvalue weighted by Crippen LogP contribution is 2.34. The van der Waals surface area contributed by atoms with Gasteiger partial charge in [-0.05, 0) is 18.2 Å². The summed E-state index contributed by atoms with van der Waals surface area (Å²) in [5.74, 6) is -0.135. The number of halogens is 4. The third-order valence-corrected chi connectivity index (χ3v) is 4.11. The summed E-state index contributed by atoms with van der Waals surface area (Å²) in [5.41, 5.74) is -0.646. The minimum atomic E-state index is -4.44. The second-order valence-electron chi connectivity index (χ2n) is 4.07. The first-order valence-electron chi connectivity index (χ1n) is 5.73. The number of hydrogen-bond acceptors (Lipinski definition) is 4. The second kappa shape index (κ2) is 6.03. The number of fused-ring (bicyclic) bond motifs is 1. The molecule has 110 valence electrons. The molecular weight excluding hydrogens is 369 g/mol. The van der Waals surface area contributed by atoms with Crippen LogP contribution in [0.3, 0.4) is 0 Å². The molecule has 2 aromatic rings. The number of aromatic nitrogens is 1. The highest BCUT2D eigenvalue weighted by molar-refractivity contribution is 9.09. The molecule has 0 fully saturated rings. The summed E-state index contributed by atoms with van der Waals surface area (Å²) in [6.07, 6.45) is -4.20. The first-order valence-corrected chi connectivity index (χ1v) is 7.67. The maximum atomic E-state index is 12.6. The van der Waals surface area contributed by atoms with Crippen LogP contribution in [0.1, 0.15) is 17.0 Å². The summed E-state index contributed by atoms with van der Waals surface area (Å²) in [4.78, 5) is 4.02. The molecule has 3 nitrogen and oxygen atoms in total. The summed E-state index contributed by atoms with van der Waals surface area (Å²) in [5, 5.41) is 19.6. The molecule has 0 aliphatic rings. The van der Waals surface area contributed by atoms with Gasteiger partial charge in [0.25, 0.3) is 0 Å². The average Bonchev–Trinajstić information content (AvgIpc) is 2.81. The standard InChI is InChI=1S/C13H8BrF3N2OS/c14-4-3-10(20)8(6-18)12-19-9-5-7(13(15,16)17)1-2-11(9)21-12/h1-2,5,20H,3-4H2. The molecule has 0 unspecified atom stereocenters. The fourth-order valence-corrected chi connectivity index (χ4v) is 3.00. The Hall–Kier alpha value is -1.59. The summed E-state index contributed by atoms with van der Waals surface area (Å²) in [6, 6.07) is 5.07. The predicted octanol–water partition coefficient (Wildman–Crippen LogP) is 4.89. The molecule has 1 aromatic carbocycles. The molecule has 0 saturated carbocycles. The molecule has 0 saturated heterocycles. The quantitative estimate of drug-likeness (QED) is 0.471. The zero-order valence-electron chi connectivity index (χ0n) is 10.4. The zero-order valence-corrected chi connectivity index (χ0v) is 12.8. The number of alkyl halides is 4. The van der Waals surface area contributed by atoms with Crippen LogP contribution < -0.4 is 0 Å². The van der Waals surface area contributed by atoms with Crippen LogP contribution in [0.5, 0.6) is 0 Å². The third-order valence-electron chi connectivity index (χ3n) is 2.66. The number of nitriles is 1. The van der Waals surface area contributed by atoms with Gasteiger partial charge in [0.05, 0.1) is 15.8 Å². The number of rotatable bonds is 3. The molecule has 0 spiro atoms. The van der Waals surface area contributed by atoms with E-state index in [1.165, 1.54) is 6.07 Å². The van der Waals surface area contributed by atoms with Crippen LogP contribution in [0.2, 0.25) is 0 Å². The lowest BCUT2D eigenvalue weighted by atomic mass is 10.2. The van der Waals surface area contributed by atoms with E-state index >= 15 is 0 Å². The van der Waals surface area contributed by atoms with Gasteiger partial charge in [-0.15, -0.1) is 11.3 Å². The summed E-state index contributed by atoms with van der Waals surface area (Å²) in [6.45, 7) is 0. The number of aliphatic hydroxyl groups excluding tert-OH is 1. The maximum absolute atomic E-state index is 12.6.